The molecule has 2 nitrogen and oxygen atoms in total. The Hall–Kier alpha value is -1.48. The number of rotatable bonds is 6. The Morgan fingerprint density at radius 2 is 1.53 bits per heavy atom. The van der Waals surface area contributed by atoms with Gasteiger partial charge in [0.25, 0.3) is 0 Å². The van der Waals surface area contributed by atoms with Crippen molar-refractivity contribution in [2.45, 2.75) is 33.1 Å². The van der Waals surface area contributed by atoms with Gasteiger partial charge in [0.15, 0.2) is 5.52 Å². The fraction of sp³-hybridized carbons (Fsp3) is 0.350. The Bertz CT molecular complexity index is 862. The fourth-order valence-electron chi connectivity index (χ4n) is 2.58. The third kappa shape index (κ3) is 6.77. The molecule has 0 heterocycles. The number of aryl methyl sites for hydroxylation is 1. The summed E-state index contributed by atoms with van der Waals surface area (Å²) in [6.45, 7) is 5.99. The van der Waals surface area contributed by atoms with Crippen molar-refractivity contribution in [2.75, 3.05) is 6.61 Å². The maximum absolute atomic E-state index is 13.3. The summed E-state index contributed by atoms with van der Waals surface area (Å²) >= 11 is 0. The molecule has 1 atom stereocenters. The van der Waals surface area contributed by atoms with Crippen LogP contribution in [0.2, 0.25) is 0 Å². The first-order chi connectivity index (χ1) is 13.3. The number of ether oxygens (including phenoxy) is 1. The van der Waals surface area contributed by atoms with Crippen molar-refractivity contribution in [3.63, 3.8) is 0 Å². The first-order valence-corrected chi connectivity index (χ1v) is 9.63. The molecule has 0 saturated heterocycles. The van der Waals surface area contributed by atoms with E-state index >= 15 is 0 Å². The van der Waals surface area contributed by atoms with Crippen LogP contribution in [-0.2, 0) is 12.4 Å². The number of halogens is 6. The average Bonchev–Trinajstić information content (AvgIpc) is 2.59. The number of benzene rings is 2. The molecular formula is C20H20F6LiO2P. The van der Waals surface area contributed by atoms with E-state index in [-0.39, 0.29) is 24.8 Å². The number of hydrogen-bond donors (Lipinski definition) is 0. The van der Waals surface area contributed by atoms with E-state index in [9.17, 15) is 31.1 Å². The van der Waals surface area contributed by atoms with E-state index in [0.717, 1.165) is 0 Å². The zero-order chi connectivity index (χ0) is 22.0. The van der Waals surface area contributed by atoms with Crippen molar-refractivity contribution in [3.05, 3.63) is 58.7 Å². The molecule has 30 heavy (non-hydrogen) atoms. The second kappa shape index (κ2) is 10.2. The average molecular weight is 444 g/mol. The van der Waals surface area contributed by atoms with E-state index in [0.29, 0.717) is 41.4 Å². The minimum absolute atomic E-state index is 0. The Morgan fingerprint density at radius 3 is 1.97 bits per heavy atom. The van der Waals surface area contributed by atoms with Crippen LogP contribution in [0.5, 0.6) is 5.75 Å². The van der Waals surface area contributed by atoms with Crippen LogP contribution >= 0.6 is 8.58 Å². The maximum atomic E-state index is 13.3. The topological polar surface area (TPSA) is 26.3 Å². The summed E-state index contributed by atoms with van der Waals surface area (Å²) in [5.41, 5.74) is -5.18. The molecule has 2 aromatic carbocycles. The molecule has 2 aromatic rings. The quantitative estimate of drug-likeness (QED) is 0.331. The molecule has 0 amide bonds. The predicted octanol–water partition coefficient (Wildman–Crippen LogP) is 5.56. The van der Waals surface area contributed by atoms with Crippen LogP contribution in [0.15, 0.2) is 36.4 Å². The summed E-state index contributed by atoms with van der Waals surface area (Å²) in [5, 5.41) is 0.358. The van der Waals surface area contributed by atoms with E-state index in [1.807, 2.05) is 13.8 Å². The van der Waals surface area contributed by atoms with Gasteiger partial charge in [0.05, 0.1) is 17.7 Å². The van der Waals surface area contributed by atoms with Crippen LogP contribution in [0.4, 0.5) is 26.3 Å². The molecule has 0 saturated carbocycles. The SMILES string of the molecule is Cc1cc(OCC(C)C)ccc1PC(=O)c1c(C(F)(F)F)cccc1C(F)(F)F.[LiH]. The fourth-order valence-corrected chi connectivity index (χ4v) is 3.66. The summed E-state index contributed by atoms with van der Waals surface area (Å²) in [4.78, 5) is 12.6. The molecule has 1 unspecified atom stereocenters. The van der Waals surface area contributed by atoms with Gasteiger partial charge in [-0.05, 0) is 56.6 Å². The molecule has 0 bridgehead atoms. The van der Waals surface area contributed by atoms with Crippen LogP contribution < -0.4 is 10.0 Å². The van der Waals surface area contributed by atoms with Gasteiger partial charge in [-0.15, -0.1) is 0 Å². The molecule has 0 aliphatic heterocycles. The molecule has 0 spiro atoms. The van der Waals surface area contributed by atoms with Crippen LogP contribution in [0.3, 0.4) is 0 Å². The van der Waals surface area contributed by atoms with Crippen molar-refractivity contribution in [2.24, 2.45) is 5.92 Å². The van der Waals surface area contributed by atoms with E-state index < -0.39 is 43.1 Å². The van der Waals surface area contributed by atoms with Crippen molar-refractivity contribution in [1.29, 1.82) is 0 Å². The predicted molar refractivity (Wildman–Crippen MR) is 107 cm³/mol. The van der Waals surface area contributed by atoms with E-state index in [1.54, 1.807) is 19.1 Å². The van der Waals surface area contributed by atoms with E-state index in [1.165, 1.54) is 6.07 Å². The number of hydrogen-bond acceptors (Lipinski definition) is 2. The Kier molecular flexibility index (Phi) is 9.04. The van der Waals surface area contributed by atoms with Crippen LogP contribution in [0.1, 0.15) is 40.9 Å². The molecule has 0 aliphatic rings. The Morgan fingerprint density at radius 1 is 1.00 bits per heavy atom. The number of carbonyl (C=O) groups excluding carboxylic acids is 1. The van der Waals surface area contributed by atoms with Gasteiger partial charge >= 0.3 is 31.2 Å². The van der Waals surface area contributed by atoms with Gasteiger partial charge in [-0.1, -0.05) is 26.0 Å². The second-order valence-corrected chi connectivity index (χ2v) is 8.10. The Balaban J connectivity index is 0.00000450. The zero-order valence-corrected chi connectivity index (χ0v) is 16.8. The molecule has 0 aliphatic carbocycles. The summed E-state index contributed by atoms with van der Waals surface area (Å²) in [6.07, 6.45) is -10.2. The van der Waals surface area contributed by atoms with Gasteiger partial charge in [0, 0.05) is 5.56 Å². The van der Waals surface area contributed by atoms with Gasteiger partial charge in [0.2, 0.25) is 0 Å². The molecule has 160 valence electrons. The number of carbonyl (C=O) groups is 1. The summed E-state index contributed by atoms with van der Waals surface area (Å²) in [5.74, 6) is 0.793. The minimum atomic E-state index is -5.08. The normalized spacial score (nSPS) is 12.3. The standard InChI is InChI=1S/C20H19F6O2P.Li.H/c1-11(2)10-28-13-7-8-16(12(3)9-13)29-18(27)17-14(19(21,22)23)5-4-6-15(17)20(24,25)26;;/h4-9,11,29H,10H2,1-3H3;;. The third-order valence-corrected chi connectivity index (χ3v) is 5.24. The van der Waals surface area contributed by atoms with Gasteiger partial charge < -0.3 is 4.74 Å². The van der Waals surface area contributed by atoms with Crippen LogP contribution in [-0.4, -0.2) is 31.0 Å². The summed E-state index contributed by atoms with van der Waals surface area (Å²) in [6, 6.07) is 6.28. The third-order valence-electron chi connectivity index (χ3n) is 3.93. The van der Waals surface area contributed by atoms with Gasteiger partial charge in [-0.3, -0.25) is 4.79 Å². The zero-order valence-electron chi connectivity index (χ0n) is 15.8. The first-order valence-electron chi connectivity index (χ1n) is 8.63. The monoisotopic (exact) mass is 444 g/mol. The molecule has 0 N–H and O–H groups in total. The molecule has 2 rings (SSSR count). The van der Waals surface area contributed by atoms with E-state index in [2.05, 4.69) is 0 Å². The molecular weight excluding hydrogens is 424 g/mol. The molecule has 0 aromatic heterocycles. The van der Waals surface area contributed by atoms with Gasteiger partial charge in [-0.2, -0.15) is 26.3 Å². The summed E-state index contributed by atoms with van der Waals surface area (Å²) in [7, 11) is -0.895. The van der Waals surface area contributed by atoms with Gasteiger partial charge in [0.1, 0.15) is 5.75 Å². The summed E-state index contributed by atoms with van der Waals surface area (Å²) < 4.78 is 85.1. The van der Waals surface area contributed by atoms with Crippen LogP contribution in [0.25, 0.3) is 0 Å². The van der Waals surface area contributed by atoms with Crippen LogP contribution in [0, 0.1) is 12.8 Å². The number of alkyl halides is 6. The first kappa shape index (κ1) is 26.6. The van der Waals surface area contributed by atoms with Crippen molar-refractivity contribution < 1.29 is 35.9 Å². The Labute approximate surface area is 184 Å². The second-order valence-electron chi connectivity index (χ2n) is 6.86. The molecule has 0 radical (unpaired) electrons. The van der Waals surface area contributed by atoms with Crippen molar-refractivity contribution in [3.8, 4) is 5.75 Å². The van der Waals surface area contributed by atoms with Crippen molar-refractivity contribution >= 4 is 38.3 Å². The molecule has 0 fully saturated rings. The van der Waals surface area contributed by atoms with E-state index in [4.69, 9.17) is 4.74 Å². The molecule has 10 heteroatoms. The van der Waals surface area contributed by atoms with Gasteiger partial charge in [-0.25, -0.2) is 0 Å². The van der Waals surface area contributed by atoms with Crippen molar-refractivity contribution in [1.82, 2.24) is 0 Å².